The van der Waals surface area contributed by atoms with Crippen molar-refractivity contribution in [2.45, 2.75) is 0 Å². The van der Waals surface area contributed by atoms with Crippen molar-refractivity contribution < 1.29 is 4.74 Å². The Morgan fingerprint density at radius 3 is 2.92 bits per heavy atom. The van der Waals surface area contributed by atoms with Crippen LogP contribution in [0.4, 0.5) is 0 Å². The zero-order valence-electron chi connectivity index (χ0n) is 7.70. The SMILES string of the molecule is CN(C)CCOc1ncncc1I. The van der Waals surface area contributed by atoms with E-state index in [9.17, 15) is 0 Å². The molecule has 0 N–H and O–H groups in total. The monoisotopic (exact) mass is 293 g/mol. The summed E-state index contributed by atoms with van der Waals surface area (Å²) in [5, 5.41) is 0. The van der Waals surface area contributed by atoms with Gasteiger partial charge in [-0.1, -0.05) is 0 Å². The molecular weight excluding hydrogens is 281 g/mol. The summed E-state index contributed by atoms with van der Waals surface area (Å²) in [6.07, 6.45) is 3.23. The molecule has 0 aliphatic carbocycles. The van der Waals surface area contributed by atoms with Crippen LogP contribution in [0.2, 0.25) is 0 Å². The summed E-state index contributed by atoms with van der Waals surface area (Å²) < 4.78 is 6.39. The van der Waals surface area contributed by atoms with E-state index in [-0.39, 0.29) is 0 Å². The summed E-state index contributed by atoms with van der Waals surface area (Å²) in [6.45, 7) is 1.54. The Hall–Kier alpha value is -0.430. The summed E-state index contributed by atoms with van der Waals surface area (Å²) >= 11 is 2.15. The number of likely N-dealkylation sites (N-methyl/N-ethyl adjacent to an activating group) is 1. The first kappa shape index (κ1) is 10.6. The molecule has 0 atom stereocenters. The third kappa shape index (κ3) is 3.86. The molecule has 1 aromatic heterocycles. The largest absolute Gasteiger partial charge is 0.475 e. The Bertz CT molecular complexity index is 267. The molecule has 13 heavy (non-hydrogen) atoms. The van der Waals surface area contributed by atoms with E-state index in [4.69, 9.17) is 4.74 Å². The van der Waals surface area contributed by atoms with Crippen LogP contribution in [-0.2, 0) is 0 Å². The predicted octanol–water partition coefficient (Wildman–Crippen LogP) is 1.02. The molecule has 72 valence electrons. The number of hydrogen-bond acceptors (Lipinski definition) is 4. The fourth-order valence-corrected chi connectivity index (χ4v) is 1.19. The number of ether oxygens (including phenoxy) is 1. The number of nitrogens with zero attached hydrogens (tertiary/aromatic N) is 3. The lowest BCUT2D eigenvalue weighted by molar-refractivity contribution is 0.252. The second-order valence-corrected chi connectivity index (χ2v) is 3.99. The standard InChI is InChI=1S/C8H12IN3O/c1-12(2)3-4-13-8-7(9)5-10-6-11-8/h5-6H,3-4H2,1-2H3. The van der Waals surface area contributed by atoms with Gasteiger partial charge in [0.1, 0.15) is 12.9 Å². The molecule has 1 heterocycles. The Morgan fingerprint density at radius 2 is 2.31 bits per heavy atom. The first-order valence-corrected chi connectivity index (χ1v) is 5.01. The molecule has 0 radical (unpaired) electrons. The normalized spacial score (nSPS) is 10.5. The highest BCUT2D eigenvalue weighted by Crippen LogP contribution is 2.14. The maximum atomic E-state index is 5.45. The third-order valence-corrected chi connectivity index (χ3v) is 2.15. The molecule has 0 saturated heterocycles. The van der Waals surface area contributed by atoms with Crippen molar-refractivity contribution in [1.82, 2.24) is 14.9 Å². The summed E-state index contributed by atoms with van der Waals surface area (Å²) in [7, 11) is 4.02. The van der Waals surface area contributed by atoms with Gasteiger partial charge in [-0.05, 0) is 36.7 Å². The van der Waals surface area contributed by atoms with Gasteiger partial charge in [-0.25, -0.2) is 9.97 Å². The van der Waals surface area contributed by atoms with E-state index in [0.717, 1.165) is 10.1 Å². The molecule has 0 bridgehead atoms. The van der Waals surface area contributed by atoms with Crippen molar-refractivity contribution in [1.29, 1.82) is 0 Å². The fraction of sp³-hybridized carbons (Fsp3) is 0.500. The molecule has 0 unspecified atom stereocenters. The van der Waals surface area contributed by atoms with Crippen LogP contribution in [0.15, 0.2) is 12.5 Å². The van der Waals surface area contributed by atoms with Gasteiger partial charge in [0.25, 0.3) is 0 Å². The van der Waals surface area contributed by atoms with Crippen LogP contribution >= 0.6 is 22.6 Å². The Balaban J connectivity index is 2.41. The lowest BCUT2D eigenvalue weighted by atomic mass is 10.6. The van der Waals surface area contributed by atoms with Crippen molar-refractivity contribution in [3.8, 4) is 5.88 Å². The van der Waals surface area contributed by atoms with Gasteiger partial charge in [-0.3, -0.25) is 0 Å². The molecular formula is C8H12IN3O. The molecule has 0 aliphatic rings. The van der Waals surface area contributed by atoms with Crippen molar-refractivity contribution in [2.24, 2.45) is 0 Å². The molecule has 4 nitrogen and oxygen atoms in total. The highest BCUT2D eigenvalue weighted by molar-refractivity contribution is 14.1. The second kappa shape index (κ2) is 5.33. The fourth-order valence-electron chi connectivity index (χ4n) is 0.733. The zero-order valence-corrected chi connectivity index (χ0v) is 9.85. The maximum absolute atomic E-state index is 5.45. The van der Waals surface area contributed by atoms with E-state index in [0.29, 0.717) is 12.5 Å². The van der Waals surface area contributed by atoms with Crippen LogP contribution in [0, 0.1) is 3.57 Å². The number of rotatable bonds is 4. The highest BCUT2D eigenvalue weighted by Gasteiger charge is 2.00. The van der Waals surface area contributed by atoms with E-state index in [1.165, 1.54) is 6.33 Å². The van der Waals surface area contributed by atoms with Crippen LogP contribution in [0.3, 0.4) is 0 Å². The van der Waals surface area contributed by atoms with E-state index >= 15 is 0 Å². The van der Waals surface area contributed by atoms with Crippen LogP contribution in [0.25, 0.3) is 0 Å². The Labute approximate surface area is 91.5 Å². The topological polar surface area (TPSA) is 38.2 Å². The summed E-state index contributed by atoms with van der Waals surface area (Å²) in [4.78, 5) is 9.96. The molecule has 5 heteroatoms. The third-order valence-electron chi connectivity index (χ3n) is 1.41. The van der Waals surface area contributed by atoms with E-state index in [1.807, 2.05) is 14.1 Å². The molecule has 0 aromatic carbocycles. The average Bonchev–Trinajstić information content (AvgIpc) is 2.08. The summed E-state index contributed by atoms with van der Waals surface area (Å²) in [5.41, 5.74) is 0. The second-order valence-electron chi connectivity index (χ2n) is 2.83. The first-order chi connectivity index (χ1) is 6.20. The molecule has 0 saturated carbocycles. The molecule has 1 aromatic rings. The van der Waals surface area contributed by atoms with Gasteiger partial charge < -0.3 is 9.64 Å². The van der Waals surface area contributed by atoms with E-state index < -0.39 is 0 Å². The predicted molar refractivity (Wildman–Crippen MR) is 58.8 cm³/mol. The van der Waals surface area contributed by atoms with Crippen LogP contribution in [0.5, 0.6) is 5.88 Å². The summed E-state index contributed by atoms with van der Waals surface area (Å²) in [5.74, 6) is 0.664. The van der Waals surface area contributed by atoms with Gasteiger partial charge in [-0.2, -0.15) is 0 Å². The Kier molecular flexibility index (Phi) is 4.37. The highest BCUT2D eigenvalue weighted by atomic mass is 127. The van der Waals surface area contributed by atoms with Crippen molar-refractivity contribution in [2.75, 3.05) is 27.2 Å². The van der Waals surface area contributed by atoms with Gasteiger partial charge in [0.05, 0.1) is 3.57 Å². The van der Waals surface area contributed by atoms with Gasteiger partial charge in [0.15, 0.2) is 0 Å². The lowest BCUT2D eigenvalue weighted by Crippen LogP contribution is -2.19. The first-order valence-electron chi connectivity index (χ1n) is 3.93. The molecule has 0 spiro atoms. The zero-order chi connectivity index (χ0) is 9.68. The average molecular weight is 293 g/mol. The van der Waals surface area contributed by atoms with Crippen molar-refractivity contribution >= 4 is 22.6 Å². The number of hydrogen-bond donors (Lipinski definition) is 0. The lowest BCUT2D eigenvalue weighted by Gasteiger charge is -2.10. The Morgan fingerprint density at radius 1 is 1.54 bits per heavy atom. The van der Waals surface area contributed by atoms with E-state index in [1.54, 1.807) is 6.20 Å². The van der Waals surface area contributed by atoms with Crippen LogP contribution in [0.1, 0.15) is 0 Å². The van der Waals surface area contributed by atoms with Crippen LogP contribution < -0.4 is 4.74 Å². The minimum atomic E-state index is 0.653. The number of halogens is 1. The minimum absolute atomic E-state index is 0.653. The molecule has 1 rings (SSSR count). The van der Waals surface area contributed by atoms with Gasteiger partial charge in [0, 0.05) is 12.7 Å². The maximum Gasteiger partial charge on any atom is 0.230 e. The minimum Gasteiger partial charge on any atom is -0.475 e. The molecule has 0 aliphatic heterocycles. The quantitative estimate of drug-likeness (QED) is 0.777. The van der Waals surface area contributed by atoms with Gasteiger partial charge >= 0.3 is 0 Å². The summed E-state index contributed by atoms with van der Waals surface area (Å²) in [6, 6.07) is 0. The van der Waals surface area contributed by atoms with Crippen LogP contribution in [-0.4, -0.2) is 42.1 Å². The number of aromatic nitrogens is 2. The van der Waals surface area contributed by atoms with Gasteiger partial charge in [0.2, 0.25) is 5.88 Å². The van der Waals surface area contributed by atoms with E-state index in [2.05, 4.69) is 37.5 Å². The van der Waals surface area contributed by atoms with Gasteiger partial charge in [-0.15, -0.1) is 0 Å². The molecule has 0 amide bonds. The smallest absolute Gasteiger partial charge is 0.230 e. The molecule has 0 fully saturated rings. The van der Waals surface area contributed by atoms with Crippen molar-refractivity contribution in [3.63, 3.8) is 0 Å². The van der Waals surface area contributed by atoms with Crippen molar-refractivity contribution in [3.05, 3.63) is 16.1 Å².